The van der Waals surface area contributed by atoms with Gasteiger partial charge in [-0.25, -0.2) is 9.78 Å². The summed E-state index contributed by atoms with van der Waals surface area (Å²) in [5, 5.41) is 21.9. The largest absolute Gasteiger partial charge is 0.476 e. The Balaban J connectivity index is 0.00000210. The van der Waals surface area contributed by atoms with Crippen molar-refractivity contribution in [1.29, 1.82) is 0 Å². The van der Waals surface area contributed by atoms with Gasteiger partial charge in [0.2, 0.25) is 11.8 Å². The molecule has 0 saturated carbocycles. The summed E-state index contributed by atoms with van der Waals surface area (Å²) in [6.07, 6.45) is -0.389. The maximum absolute atomic E-state index is 12.0. The number of carboxylic acid groups (broad SMARTS) is 1. The number of oxime groups is 1. The van der Waals surface area contributed by atoms with Crippen LogP contribution in [-0.4, -0.2) is 51.3 Å². The lowest BCUT2D eigenvalue weighted by Crippen LogP contribution is -2.38. The van der Waals surface area contributed by atoms with Crippen LogP contribution >= 0.6 is 11.3 Å². The average Bonchev–Trinajstić information content (AvgIpc) is 3.57. The van der Waals surface area contributed by atoms with E-state index in [1.165, 1.54) is 11.3 Å². The number of rotatable bonds is 9. The smallest absolute Gasteiger partial charge is 0.360 e. The highest BCUT2D eigenvalue weighted by Gasteiger charge is 2.37. The minimum atomic E-state index is -1.30. The zero-order chi connectivity index (χ0) is 25.7. The van der Waals surface area contributed by atoms with Gasteiger partial charge < -0.3 is 31.5 Å². The first-order valence-corrected chi connectivity index (χ1v) is 12.6. The normalized spacial score (nSPS) is 14.9. The standard InChI is InChI=1S/C28H24N4O4S.2H2O/c33-25-23(16-17-29-25)36-32-24(26(34)35)22-18-37-27(30-22)31-28(19-10-4-1-5-11-19,20-12-6-2-7-13-20)21-14-8-3-9-15-21;;/h1-15,18,23H,16-17H2,(H,29,33)(H,30,31)(H,34,35);2*1H2/b32-24-;;/t23-;;/m0../s1. The van der Waals surface area contributed by atoms with Gasteiger partial charge in [0.05, 0.1) is 0 Å². The molecule has 1 amide bonds. The van der Waals surface area contributed by atoms with Crippen LogP contribution in [0.15, 0.2) is 102 Å². The first kappa shape index (κ1) is 29.0. The molecule has 0 unspecified atom stereocenters. The SMILES string of the molecule is O.O.O=C(O)/C(=N\O[C@H]1CCNC1=O)c1csc(NC(c2ccccc2)(c2ccccc2)c2ccccc2)n1. The molecule has 0 aliphatic carbocycles. The number of aliphatic carboxylic acids is 1. The van der Waals surface area contributed by atoms with Crippen molar-refractivity contribution in [3.63, 3.8) is 0 Å². The third-order valence-electron chi connectivity index (χ3n) is 6.13. The first-order valence-electron chi connectivity index (χ1n) is 11.7. The lowest BCUT2D eigenvalue weighted by Gasteiger charge is -2.36. The zero-order valence-electron chi connectivity index (χ0n) is 20.7. The molecule has 202 valence electrons. The molecule has 0 radical (unpaired) electrons. The maximum Gasteiger partial charge on any atom is 0.360 e. The molecule has 1 saturated heterocycles. The summed E-state index contributed by atoms with van der Waals surface area (Å²) in [6.45, 7) is 0.465. The molecule has 7 N–H and O–H groups in total. The summed E-state index contributed by atoms with van der Waals surface area (Å²) in [5.74, 6) is -1.61. The average molecular weight is 549 g/mol. The first-order chi connectivity index (χ1) is 18.1. The van der Waals surface area contributed by atoms with Gasteiger partial charge in [-0.3, -0.25) is 4.79 Å². The predicted octanol–water partition coefficient (Wildman–Crippen LogP) is 2.59. The Hall–Kier alpha value is -4.58. The summed E-state index contributed by atoms with van der Waals surface area (Å²) < 4.78 is 0. The fourth-order valence-electron chi connectivity index (χ4n) is 4.36. The van der Waals surface area contributed by atoms with Crippen LogP contribution in [0.2, 0.25) is 0 Å². The predicted molar refractivity (Wildman–Crippen MR) is 149 cm³/mol. The van der Waals surface area contributed by atoms with Crippen molar-refractivity contribution in [2.45, 2.75) is 18.1 Å². The third-order valence-corrected chi connectivity index (χ3v) is 6.89. The Morgan fingerprint density at radius 1 is 0.949 bits per heavy atom. The number of thiazole rings is 1. The van der Waals surface area contributed by atoms with Crippen LogP contribution in [0.25, 0.3) is 0 Å². The number of carboxylic acids is 1. The van der Waals surface area contributed by atoms with Gasteiger partial charge in [0.15, 0.2) is 5.13 Å². The summed E-state index contributed by atoms with van der Waals surface area (Å²) in [6, 6.07) is 30.1. The van der Waals surface area contributed by atoms with E-state index in [0.717, 1.165) is 16.7 Å². The lowest BCUT2D eigenvalue weighted by atomic mass is 9.77. The number of benzene rings is 3. The Morgan fingerprint density at radius 2 is 1.46 bits per heavy atom. The van der Waals surface area contributed by atoms with Crippen LogP contribution in [0.1, 0.15) is 28.8 Å². The number of anilines is 1. The van der Waals surface area contributed by atoms with Crippen molar-refractivity contribution in [3.8, 4) is 0 Å². The molecule has 1 aliphatic heterocycles. The number of amides is 1. The molecule has 10 nitrogen and oxygen atoms in total. The highest BCUT2D eigenvalue weighted by Crippen LogP contribution is 2.40. The zero-order valence-corrected chi connectivity index (χ0v) is 21.5. The van der Waals surface area contributed by atoms with Crippen LogP contribution in [-0.2, 0) is 20.0 Å². The maximum atomic E-state index is 12.0. The molecule has 5 rings (SSSR count). The van der Waals surface area contributed by atoms with Crippen molar-refractivity contribution in [3.05, 3.63) is 119 Å². The highest BCUT2D eigenvalue weighted by atomic mass is 32.1. The Morgan fingerprint density at radius 3 is 1.90 bits per heavy atom. The minimum absolute atomic E-state index is 0. The van der Waals surface area contributed by atoms with Gasteiger partial charge in [-0.05, 0) is 16.7 Å². The van der Waals surface area contributed by atoms with E-state index in [-0.39, 0.29) is 28.3 Å². The lowest BCUT2D eigenvalue weighted by molar-refractivity contribution is -0.131. The molecule has 1 fully saturated rings. The number of hydrogen-bond acceptors (Lipinski definition) is 7. The number of nitrogens with one attached hydrogen (secondary N) is 2. The van der Waals surface area contributed by atoms with Crippen LogP contribution in [0.5, 0.6) is 0 Å². The van der Waals surface area contributed by atoms with Gasteiger partial charge in [-0.1, -0.05) is 96.2 Å². The summed E-state index contributed by atoms with van der Waals surface area (Å²) in [7, 11) is 0. The molecule has 1 aromatic heterocycles. The summed E-state index contributed by atoms with van der Waals surface area (Å²) >= 11 is 1.26. The van der Waals surface area contributed by atoms with Crippen molar-refractivity contribution in [1.82, 2.24) is 10.3 Å². The number of hydrogen-bond donors (Lipinski definition) is 3. The molecule has 11 heteroatoms. The van der Waals surface area contributed by atoms with Gasteiger partial charge in [0, 0.05) is 18.3 Å². The molecule has 0 spiro atoms. The molecule has 2 heterocycles. The van der Waals surface area contributed by atoms with Crippen LogP contribution < -0.4 is 10.6 Å². The van der Waals surface area contributed by atoms with Crippen LogP contribution in [0, 0.1) is 0 Å². The van der Waals surface area contributed by atoms with E-state index in [0.29, 0.717) is 18.1 Å². The minimum Gasteiger partial charge on any atom is -0.476 e. The number of nitrogens with zero attached hydrogens (tertiary/aromatic N) is 2. The van der Waals surface area contributed by atoms with E-state index in [9.17, 15) is 14.7 Å². The van der Waals surface area contributed by atoms with E-state index in [4.69, 9.17) is 4.84 Å². The van der Waals surface area contributed by atoms with Crippen molar-refractivity contribution in [2.24, 2.45) is 5.16 Å². The van der Waals surface area contributed by atoms with Gasteiger partial charge in [-0.2, -0.15) is 0 Å². The van der Waals surface area contributed by atoms with E-state index in [1.54, 1.807) is 5.38 Å². The van der Waals surface area contributed by atoms with Crippen molar-refractivity contribution < 1.29 is 30.5 Å². The fraction of sp³-hybridized carbons (Fsp3) is 0.143. The van der Waals surface area contributed by atoms with Crippen molar-refractivity contribution in [2.75, 3.05) is 11.9 Å². The Bertz CT molecular complexity index is 1320. The van der Waals surface area contributed by atoms with Gasteiger partial charge in [0.25, 0.3) is 5.91 Å². The highest BCUT2D eigenvalue weighted by molar-refractivity contribution is 7.14. The Labute approximate surface area is 228 Å². The second kappa shape index (κ2) is 12.8. The van der Waals surface area contributed by atoms with Crippen LogP contribution in [0.3, 0.4) is 0 Å². The molecular weight excluding hydrogens is 520 g/mol. The topological polar surface area (TPSA) is 176 Å². The number of carbonyl (C=O) groups excluding carboxylic acids is 1. The van der Waals surface area contributed by atoms with E-state index >= 15 is 0 Å². The monoisotopic (exact) mass is 548 g/mol. The van der Waals surface area contributed by atoms with Gasteiger partial charge >= 0.3 is 5.97 Å². The van der Waals surface area contributed by atoms with E-state index in [2.05, 4.69) is 20.8 Å². The van der Waals surface area contributed by atoms with Crippen LogP contribution in [0.4, 0.5) is 5.13 Å². The van der Waals surface area contributed by atoms with E-state index < -0.39 is 17.6 Å². The molecule has 3 aromatic carbocycles. The molecular formula is C28H28N4O6S. The molecule has 1 aliphatic rings. The van der Waals surface area contributed by atoms with Gasteiger partial charge in [0.1, 0.15) is 11.2 Å². The molecule has 4 aromatic rings. The molecule has 39 heavy (non-hydrogen) atoms. The molecule has 1 atom stereocenters. The third kappa shape index (κ3) is 5.96. The fourth-order valence-corrected chi connectivity index (χ4v) is 5.12. The van der Waals surface area contributed by atoms with E-state index in [1.807, 2.05) is 91.0 Å². The molecule has 0 bridgehead atoms. The summed E-state index contributed by atoms with van der Waals surface area (Å²) in [5.41, 5.74) is 1.94. The quantitative estimate of drug-likeness (QED) is 0.164. The van der Waals surface area contributed by atoms with Crippen molar-refractivity contribution >= 4 is 34.1 Å². The summed E-state index contributed by atoms with van der Waals surface area (Å²) in [4.78, 5) is 33.6. The Kier molecular flexibility index (Phi) is 9.50. The number of aromatic nitrogens is 1. The second-order valence-corrected chi connectivity index (χ2v) is 9.29. The second-order valence-electron chi connectivity index (χ2n) is 8.43. The number of carbonyl (C=O) groups is 2. The van der Waals surface area contributed by atoms with Gasteiger partial charge in [-0.15, -0.1) is 11.3 Å².